The van der Waals surface area contributed by atoms with Crippen LogP contribution in [0, 0.1) is 6.92 Å². The maximum Gasteiger partial charge on any atom is 0.0752 e. The minimum atomic E-state index is 0.751. The van der Waals surface area contributed by atoms with Gasteiger partial charge in [-0.1, -0.05) is 0 Å². The highest BCUT2D eigenvalue weighted by atomic mass is 79.9. The van der Waals surface area contributed by atoms with Gasteiger partial charge in [0.2, 0.25) is 0 Å². The van der Waals surface area contributed by atoms with Gasteiger partial charge in [0, 0.05) is 39.1 Å². The van der Waals surface area contributed by atoms with Crippen LogP contribution in [0.25, 0.3) is 0 Å². The summed E-state index contributed by atoms with van der Waals surface area (Å²) in [6.07, 6.45) is 4.82. The predicted octanol–water partition coefficient (Wildman–Crippen LogP) is 3.32. The first-order valence-electron chi connectivity index (χ1n) is 6.20. The second kappa shape index (κ2) is 5.15. The van der Waals surface area contributed by atoms with Gasteiger partial charge < -0.3 is 5.32 Å². The molecule has 5 heteroatoms. The van der Waals surface area contributed by atoms with Crippen LogP contribution < -0.4 is 5.32 Å². The second-order valence-electron chi connectivity index (χ2n) is 4.82. The number of hydrogen-bond donors (Lipinski definition) is 1. The number of aromatic nitrogens is 2. The van der Waals surface area contributed by atoms with Crippen molar-refractivity contribution in [3.63, 3.8) is 0 Å². The second-order valence-corrected chi connectivity index (χ2v) is 6.74. The lowest BCUT2D eigenvalue weighted by Crippen LogP contribution is -2.15. The number of thiophene rings is 1. The zero-order chi connectivity index (χ0) is 12.5. The molecule has 3 nitrogen and oxygen atoms in total. The first-order chi connectivity index (χ1) is 8.70. The lowest BCUT2D eigenvalue weighted by Gasteiger charge is -1.99. The molecule has 2 aromatic heterocycles. The molecule has 1 fully saturated rings. The molecular formula is C13H16BrN3S. The lowest BCUT2D eigenvalue weighted by molar-refractivity contribution is 0.678. The van der Waals surface area contributed by atoms with E-state index in [0.717, 1.165) is 29.3 Å². The van der Waals surface area contributed by atoms with E-state index < -0.39 is 0 Å². The fourth-order valence-electron chi connectivity index (χ4n) is 1.95. The Kier molecular flexibility index (Phi) is 3.54. The number of halogens is 1. The van der Waals surface area contributed by atoms with Gasteiger partial charge in [-0.3, -0.25) is 4.68 Å². The quantitative estimate of drug-likeness (QED) is 0.913. The smallest absolute Gasteiger partial charge is 0.0752 e. The molecule has 3 rings (SSSR count). The van der Waals surface area contributed by atoms with Crippen LogP contribution in [0.4, 0.5) is 0 Å². The largest absolute Gasteiger partial charge is 0.310 e. The third-order valence-corrected chi connectivity index (χ3v) is 4.83. The van der Waals surface area contributed by atoms with Gasteiger partial charge in [0.15, 0.2) is 0 Å². The summed E-state index contributed by atoms with van der Waals surface area (Å²) < 4.78 is 3.19. The van der Waals surface area contributed by atoms with E-state index in [-0.39, 0.29) is 0 Å². The number of rotatable bonds is 5. The highest BCUT2D eigenvalue weighted by Gasteiger charge is 2.20. The molecule has 0 radical (unpaired) electrons. The Morgan fingerprint density at radius 2 is 2.39 bits per heavy atom. The third kappa shape index (κ3) is 3.02. The lowest BCUT2D eigenvalue weighted by atomic mass is 10.2. The molecule has 1 aliphatic rings. The molecule has 1 N–H and O–H groups in total. The van der Waals surface area contributed by atoms with Crippen molar-refractivity contribution in [3.8, 4) is 0 Å². The average Bonchev–Trinajstić information content (AvgIpc) is 2.98. The zero-order valence-electron chi connectivity index (χ0n) is 10.3. The molecule has 0 spiro atoms. The topological polar surface area (TPSA) is 29.9 Å². The van der Waals surface area contributed by atoms with Crippen molar-refractivity contribution in [1.29, 1.82) is 0 Å². The Balaban J connectivity index is 1.66. The van der Waals surface area contributed by atoms with E-state index in [2.05, 4.69) is 50.9 Å². The average molecular weight is 326 g/mol. The molecule has 18 heavy (non-hydrogen) atoms. The molecule has 0 amide bonds. The third-order valence-electron chi connectivity index (χ3n) is 3.15. The molecule has 0 saturated heterocycles. The zero-order valence-corrected chi connectivity index (χ0v) is 12.7. The minimum Gasteiger partial charge on any atom is -0.310 e. The summed E-state index contributed by atoms with van der Waals surface area (Å²) in [6.45, 7) is 3.90. The van der Waals surface area contributed by atoms with Gasteiger partial charge in [-0.2, -0.15) is 5.10 Å². The predicted molar refractivity (Wildman–Crippen MR) is 77.9 cm³/mol. The molecule has 0 aromatic carbocycles. The van der Waals surface area contributed by atoms with Crippen molar-refractivity contribution in [2.24, 2.45) is 0 Å². The summed E-state index contributed by atoms with van der Waals surface area (Å²) in [5.74, 6) is 0. The van der Waals surface area contributed by atoms with Crippen molar-refractivity contribution in [1.82, 2.24) is 15.1 Å². The van der Waals surface area contributed by atoms with E-state index in [1.807, 2.05) is 4.68 Å². The molecule has 1 aliphatic carbocycles. The SMILES string of the molecule is Cc1nn(Cc2cc(Br)cs2)cc1CNC1CC1. The highest BCUT2D eigenvalue weighted by Crippen LogP contribution is 2.22. The summed E-state index contributed by atoms with van der Waals surface area (Å²) in [5, 5.41) is 10.2. The molecule has 0 bridgehead atoms. The Labute approximate surface area is 119 Å². The van der Waals surface area contributed by atoms with Crippen molar-refractivity contribution in [2.75, 3.05) is 0 Å². The van der Waals surface area contributed by atoms with Crippen molar-refractivity contribution in [2.45, 2.75) is 38.9 Å². The molecule has 2 heterocycles. The summed E-state index contributed by atoms with van der Waals surface area (Å²) >= 11 is 5.25. The van der Waals surface area contributed by atoms with Crippen LogP contribution in [-0.4, -0.2) is 15.8 Å². The molecule has 1 saturated carbocycles. The first-order valence-corrected chi connectivity index (χ1v) is 7.87. The number of aryl methyl sites for hydroxylation is 1. The van der Waals surface area contributed by atoms with Gasteiger partial charge in [0.05, 0.1) is 12.2 Å². The number of nitrogens with one attached hydrogen (secondary N) is 1. The Morgan fingerprint density at radius 1 is 1.56 bits per heavy atom. The van der Waals surface area contributed by atoms with Crippen molar-refractivity contribution in [3.05, 3.63) is 38.3 Å². The number of hydrogen-bond acceptors (Lipinski definition) is 3. The molecule has 2 aromatic rings. The Bertz CT molecular complexity index is 542. The van der Waals surface area contributed by atoms with E-state index in [9.17, 15) is 0 Å². The molecular weight excluding hydrogens is 310 g/mol. The summed E-state index contributed by atoms with van der Waals surface area (Å²) in [4.78, 5) is 1.33. The standard InChI is InChI=1S/C13H16BrN3S/c1-9-10(5-15-12-2-3-12)6-17(16-9)7-13-4-11(14)8-18-13/h4,6,8,12,15H,2-3,5,7H2,1H3. The van der Waals surface area contributed by atoms with E-state index in [0.29, 0.717) is 0 Å². The van der Waals surface area contributed by atoms with Gasteiger partial charge >= 0.3 is 0 Å². The fourth-order valence-corrected chi connectivity index (χ4v) is 3.39. The minimum absolute atomic E-state index is 0.751. The first kappa shape index (κ1) is 12.4. The van der Waals surface area contributed by atoms with Gasteiger partial charge in [-0.15, -0.1) is 11.3 Å². The van der Waals surface area contributed by atoms with Crippen LogP contribution in [-0.2, 0) is 13.1 Å². The highest BCUT2D eigenvalue weighted by molar-refractivity contribution is 9.10. The van der Waals surface area contributed by atoms with Crippen LogP contribution in [0.5, 0.6) is 0 Å². The molecule has 0 unspecified atom stereocenters. The monoisotopic (exact) mass is 325 g/mol. The fraction of sp³-hybridized carbons (Fsp3) is 0.462. The van der Waals surface area contributed by atoms with E-state index >= 15 is 0 Å². The van der Waals surface area contributed by atoms with Crippen LogP contribution in [0.3, 0.4) is 0 Å². The van der Waals surface area contributed by atoms with E-state index in [1.54, 1.807) is 11.3 Å². The summed E-state index contributed by atoms with van der Waals surface area (Å²) in [6, 6.07) is 2.91. The normalized spacial score (nSPS) is 15.2. The van der Waals surface area contributed by atoms with Crippen LogP contribution >= 0.6 is 27.3 Å². The number of nitrogens with zero attached hydrogens (tertiary/aromatic N) is 2. The Morgan fingerprint density at radius 3 is 3.06 bits per heavy atom. The van der Waals surface area contributed by atoms with E-state index in [1.165, 1.54) is 23.3 Å². The van der Waals surface area contributed by atoms with Gasteiger partial charge in [0.25, 0.3) is 0 Å². The van der Waals surface area contributed by atoms with Crippen LogP contribution in [0.15, 0.2) is 22.1 Å². The molecule has 96 valence electrons. The van der Waals surface area contributed by atoms with E-state index in [4.69, 9.17) is 0 Å². The van der Waals surface area contributed by atoms with Gasteiger partial charge in [0.1, 0.15) is 0 Å². The van der Waals surface area contributed by atoms with Crippen LogP contribution in [0.2, 0.25) is 0 Å². The molecule has 0 aliphatic heterocycles. The summed E-state index contributed by atoms with van der Waals surface area (Å²) in [7, 11) is 0. The maximum atomic E-state index is 4.58. The van der Waals surface area contributed by atoms with Gasteiger partial charge in [-0.05, 0) is 41.8 Å². The maximum absolute atomic E-state index is 4.58. The summed E-state index contributed by atoms with van der Waals surface area (Å²) in [5.41, 5.74) is 2.45. The Hall–Kier alpha value is -0.650. The van der Waals surface area contributed by atoms with Crippen LogP contribution in [0.1, 0.15) is 29.0 Å². The van der Waals surface area contributed by atoms with Crippen molar-refractivity contribution < 1.29 is 0 Å². The van der Waals surface area contributed by atoms with Crippen molar-refractivity contribution >= 4 is 27.3 Å². The van der Waals surface area contributed by atoms with Gasteiger partial charge in [-0.25, -0.2) is 0 Å². The molecule has 0 atom stereocenters.